The van der Waals surface area contributed by atoms with E-state index in [4.69, 9.17) is 92.8 Å². The Labute approximate surface area is 287 Å². The van der Waals surface area contributed by atoms with Gasteiger partial charge < -0.3 is 5.11 Å². The molecule has 0 unspecified atom stereocenters. The summed E-state index contributed by atoms with van der Waals surface area (Å²) in [5.41, 5.74) is -1.38. The first-order valence-electron chi connectivity index (χ1n) is 11.8. The van der Waals surface area contributed by atoms with E-state index in [9.17, 15) is 32.5 Å². The quantitative estimate of drug-likeness (QED) is 0.0919. The largest absolute Gasteiger partial charge is 0.506 e. The third-order valence-corrected chi connectivity index (χ3v) is 11.8. The van der Waals surface area contributed by atoms with Crippen LogP contribution in [-0.2, 0) is 10.1 Å². The van der Waals surface area contributed by atoms with E-state index in [-0.39, 0.29) is 89.9 Å². The van der Waals surface area contributed by atoms with E-state index in [1.54, 1.807) is 0 Å². The molecule has 0 atom stereocenters. The van der Waals surface area contributed by atoms with Gasteiger partial charge in [0.05, 0.1) is 72.9 Å². The van der Waals surface area contributed by atoms with Crippen LogP contribution in [0.25, 0.3) is 22.1 Å². The minimum absolute atomic E-state index is 0.0639. The van der Waals surface area contributed by atoms with Gasteiger partial charge in [-0.25, -0.2) is 0 Å². The molecule has 16 heteroatoms. The van der Waals surface area contributed by atoms with Crippen LogP contribution in [0, 0.1) is 0 Å². The molecule has 0 radical (unpaired) electrons. The van der Waals surface area contributed by atoms with E-state index >= 15 is 0 Å². The average molecular weight is 772 g/mol. The van der Waals surface area contributed by atoms with Crippen LogP contribution in [0.2, 0.25) is 40.2 Å². The fourth-order valence-electron chi connectivity index (χ4n) is 5.38. The number of carbonyl (C=O) groups is 3. The molecule has 2 aliphatic rings. The molecular formula is C28H8Cl8O7S. The zero-order valence-electron chi connectivity index (χ0n) is 20.8. The third kappa shape index (κ3) is 4.42. The molecule has 6 rings (SSSR count). The van der Waals surface area contributed by atoms with Crippen molar-refractivity contribution in [3.63, 3.8) is 0 Å². The topological polar surface area (TPSA) is 126 Å². The van der Waals surface area contributed by atoms with Crippen molar-refractivity contribution < 1.29 is 32.5 Å². The molecule has 44 heavy (non-hydrogen) atoms. The van der Waals surface area contributed by atoms with Crippen molar-refractivity contribution in [1.29, 1.82) is 0 Å². The van der Waals surface area contributed by atoms with Gasteiger partial charge in [-0.2, -0.15) is 8.42 Å². The molecule has 0 heterocycles. The Kier molecular flexibility index (Phi) is 7.78. The molecule has 0 bridgehead atoms. The summed E-state index contributed by atoms with van der Waals surface area (Å²) in [7, 11) is -4.85. The Morgan fingerprint density at radius 3 is 1.59 bits per heavy atom. The van der Waals surface area contributed by atoms with Crippen molar-refractivity contribution in [3.05, 3.63) is 104 Å². The normalized spacial score (nSPS) is 15.2. The fraction of sp³-hybridized carbons (Fsp3) is 0.0357. The maximum atomic E-state index is 13.7. The second-order valence-electron chi connectivity index (χ2n) is 9.65. The van der Waals surface area contributed by atoms with Crippen molar-refractivity contribution in [2.24, 2.45) is 0 Å². The van der Waals surface area contributed by atoms with E-state index < -0.39 is 44.0 Å². The summed E-state index contributed by atoms with van der Waals surface area (Å²) in [6, 6.07) is 6.08. The van der Waals surface area contributed by atoms with Gasteiger partial charge in [-0.05, 0) is 40.1 Å². The first-order chi connectivity index (χ1) is 20.5. The van der Waals surface area contributed by atoms with E-state index in [1.165, 1.54) is 18.2 Å². The highest BCUT2D eigenvalue weighted by Gasteiger charge is 2.45. The molecule has 0 aliphatic heterocycles. The van der Waals surface area contributed by atoms with Crippen molar-refractivity contribution in [2.75, 3.05) is 0 Å². The molecule has 0 saturated carbocycles. The summed E-state index contributed by atoms with van der Waals surface area (Å²) in [4.78, 5) is 40.4. The zero-order chi connectivity index (χ0) is 32.3. The number of aliphatic hydroxyl groups is 1. The number of rotatable bonds is 3. The van der Waals surface area contributed by atoms with Crippen LogP contribution in [0.5, 0.6) is 0 Å². The van der Waals surface area contributed by atoms with E-state index in [2.05, 4.69) is 0 Å². The number of hydrogen-bond acceptors (Lipinski definition) is 6. The second-order valence-corrected chi connectivity index (χ2v) is 14.1. The molecule has 7 nitrogen and oxygen atoms in total. The maximum Gasteiger partial charge on any atom is 0.294 e. The van der Waals surface area contributed by atoms with Gasteiger partial charge in [0, 0.05) is 0 Å². The Hall–Kier alpha value is -2.08. The van der Waals surface area contributed by atoms with Crippen LogP contribution in [0.1, 0.15) is 53.7 Å². The van der Waals surface area contributed by atoms with Crippen molar-refractivity contribution in [2.45, 2.75) is 10.8 Å². The lowest BCUT2D eigenvalue weighted by molar-refractivity contribution is 0.0890. The Morgan fingerprint density at radius 2 is 1.09 bits per heavy atom. The highest BCUT2D eigenvalue weighted by atomic mass is 35.5. The minimum atomic E-state index is -4.85. The van der Waals surface area contributed by atoms with Crippen molar-refractivity contribution >= 4 is 142 Å². The summed E-state index contributed by atoms with van der Waals surface area (Å²) in [5, 5.41) is 9.32. The van der Waals surface area contributed by atoms with Gasteiger partial charge in [0.1, 0.15) is 11.7 Å². The number of carbonyl (C=O) groups excluding carboxylic acids is 3. The van der Waals surface area contributed by atoms with Crippen molar-refractivity contribution in [3.8, 4) is 0 Å². The second kappa shape index (κ2) is 10.7. The highest BCUT2D eigenvalue weighted by molar-refractivity contribution is 7.85. The van der Waals surface area contributed by atoms with Crippen LogP contribution in [-0.4, -0.2) is 35.4 Å². The molecule has 0 saturated heterocycles. The van der Waals surface area contributed by atoms with Crippen LogP contribution < -0.4 is 0 Å². The molecule has 0 spiro atoms. The predicted octanol–water partition coefficient (Wildman–Crippen LogP) is 10.1. The van der Waals surface area contributed by atoms with Crippen LogP contribution in [0.15, 0.2) is 35.2 Å². The van der Waals surface area contributed by atoms with E-state index in [0.717, 1.165) is 12.1 Å². The number of aliphatic hydroxyl groups excluding tert-OH is 1. The number of halogens is 8. The minimum Gasteiger partial charge on any atom is -0.506 e. The first kappa shape index (κ1) is 31.9. The first-order valence-corrected chi connectivity index (χ1v) is 16.3. The predicted molar refractivity (Wildman–Crippen MR) is 172 cm³/mol. The van der Waals surface area contributed by atoms with Gasteiger partial charge in [-0.1, -0.05) is 105 Å². The van der Waals surface area contributed by atoms with Gasteiger partial charge in [0.25, 0.3) is 10.1 Å². The monoisotopic (exact) mass is 768 g/mol. The number of hydrogen-bond donors (Lipinski definition) is 2. The van der Waals surface area contributed by atoms with E-state index in [1.807, 2.05) is 0 Å². The number of benzene rings is 4. The summed E-state index contributed by atoms with van der Waals surface area (Å²) in [5.74, 6) is -4.79. The molecule has 4 aromatic carbocycles. The fourth-order valence-corrected chi connectivity index (χ4v) is 8.00. The molecule has 2 aliphatic carbocycles. The van der Waals surface area contributed by atoms with Gasteiger partial charge in [0.15, 0.2) is 17.3 Å². The van der Waals surface area contributed by atoms with Crippen molar-refractivity contribution in [1.82, 2.24) is 0 Å². The molecule has 0 amide bonds. The summed E-state index contributed by atoms with van der Waals surface area (Å²) in [6.07, 6.45) is 0. The summed E-state index contributed by atoms with van der Waals surface area (Å²) >= 11 is 49.7. The molecule has 4 aromatic rings. The number of ketones is 3. The van der Waals surface area contributed by atoms with Gasteiger partial charge >= 0.3 is 0 Å². The lowest BCUT2D eigenvalue weighted by atomic mass is 9.88. The summed E-state index contributed by atoms with van der Waals surface area (Å²) < 4.78 is 34.3. The number of allylic oxidation sites excluding steroid dienone is 1. The number of fused-ring (bicyclic) bond motifs is 3. The molecular weight excluding hydrogens is 764 g/mol. The molecule has 0 fully saturated rings. The number of Topliss-reactive ketones (excluding diaryl/α,β-unsaturated/α-hetero) is 3. The maximum absolute atomic E-state index is 13.7. The standard InChI is InChI=1S/C28H8Cl8O7S/c29-17-13-14(18(30)22(34)21(17)33)26(38)11(25(13)37)7-2-1-6-3-8(44(41,42)43)5-10(9(6)4-7)12-27(39)15-16(28(12)40)20(32)24(36)23(35)19(15)31/h1-5,12,37H,(H,41,42,43). The van der Waals surface area contributed by atoms with E-state index in [0.29, 0.717) is 0 Å². The van der Waals surface area contributed by atoms with Gasteiger partial charge in [0.2, 0.25) is 0 Å². The zero-order valence-corrected chi connectivity index (χ0v) is 27.7. The van der Waals surface area contributed by atoms with Crippen LogP contribution in [0.4, 0.5) is 0 Å². The van der Waals surface area contributed by atoms with Crippen LogP contribution in [0.3, 0.4) is 0 Å². The Morgan fingerprint density at radius 1 is 0.614 bits per heavy atom. The van der Waals surface area contributed by atoms with Gasteiger partial charge in [-0.15, -0.1) is 0 Å². The highest BCUT2D eigenvalue weighted by Crippen LogP contribution is 2.52. The lowest BCUT2D eigenvalue weighted by Crippen LogP contribution is -2.15. The Bertz CT molecular complexity index is 2210. The third-order valence-electron chi connectivity index (χ3n) is 7.34. The SMILES string of the molecule is O=C1C(c2ccc3cc(S(=O)(=O)O)cc(C4C(=O)c5c(Cl)c(Cl)c(Cl)c(Cl)c5C4=O)c3c2)=C(O)c2c(Cl)c(Cl)c(Cl)c(Cl)c21. The average Bonchev–Trinajstić information content (AvgIpc) is 3.39. The molecule has 0 aromatic heterocycles. The summed E-state index contributed by atoms with van der Waals surface area (Å²) in [6.45, 7) is 0. The Balaban J connectivity index is 1.63. The lowest BCUT2D eigenvalue weighted by Gasteiger charge is -2.15. The smallest absolute Gasteiger partial charge is 0.294 e. The molecule has 224 valence electrons. The van der Waals surface area contributed by atoms with Gasteiger partial charge in [-0.3, -0.25) is 18.9 Å². The van der Waals surface area contributed by atoms with Crippen LogP contribution >= 0.6 is 92.8 Å². The molecule has 2 N–H and O–H groups in total.